The van der Waals surface area contributed by atoms with Gasteiger partial charge in [0.2, 0.25) is 0 Å². The molecular weight excluding hydrogens is 241 g/mol. The number of amides is 1. The van der Waals surface area contributed by atoms with Crippen molar-refractivity contribution < 1.29 is 23.8 Å². The van der Waals surface area contributed by atoms with E-state index in [1.54, 1.807) is 6.92 Å². The monoisotopic (exact) mass is 255 g/mol. The number of carboxylic acid groups (broad SMARTS) is 1. The summed E-state index contributed by atoms with van der Waals surface area (Å²) in [6, 6.07) is 4.31. The third-order valence-corrected chi connectivity index (χ3v) is 2.22. The Labute approximate surface area is 104 Å². The molecule has 0 aromatic heterocycles. The SMILES string of the molecule is CCOC(=O)NC(Cc1ccc(F)cc1)C(=O)O. The van der Waals surface area contributed by atoms with Crippen molar-refractivity contribution in [3.8, 4) is 0 Å². The van der Waals surface area contributed by atoms with Crippen LogP contribution in [0.25, 0.3) is 0 Å². The Balaban J connectivity index is 2.65. The summed E-state index contributed by atoms with van der Waals surface area (Å²) in [6.45, 7) is 1.78. The smallest absolute Gasteiger partial charge is 0.407 e. The number of carbonyl (C=O) groups is 2. The standard InChI is InChI=1S/C12H14FNO4/c1-2-18-12(17)14-10(11(15)16)7-8-3-5-9(13)6-4-8/h3-6,10H,2,7H2,1H3,(H,14,17)(H,15,16). The lowest BCUT2D eigenvalue weighted by atomic mass is 10.1. The van der Waals surface area contributed by atoms with Crippen LogP contribution < -0.4 is 5.32 Å². The van der Waals surface area contributed by atoms with E-state index in [0.29, 0.717) is 5.56 Å². The van der Waals surface area contributed by atoms with Crippen LogP contribution >= 0.6 is 0 Å². The van der Waals surface area contributed by atoms with Gasteiger partial charge in [0.05, 0.1) is 6.61 Å². The molecule has 1 aromatic rings. The average molecular weight is 255 g/mol. The van der Waals surface area contributed by atoms with Gasteiger partial charge in [-0.25, -0.2) is 14.0 Å². The highest BCUT2D eigenvalue weighted by Gasteiger charge is 2.20. The molecule has 2 N–H and O–H groups in total. The summed E-state index contributed by atoms with van der Waals surface area (Å²) in [5.74, 6) is -1.57. The van der Waals surface area contributed by atoms with E-state index in [-0.39, 0.29) is 13.0 Å². The zero-order valence-electron chi connectivity index (χ0n) is 9.85. The van der Waals surface area contributed by atoms with E-state index < -0.39 is 23.9 Å². The van der Waals surface area contributed by atoms with Crippen molar-refractivity contribution in [1.82, 2.24) is 5.32 Å². The fourth-order valence-corrected chi connectivity index (χ4v) is 1.37. The van der Waals surface area contributed by atoms with Gasteiger partial charge < -0.3 is 15.2 Å². The first-order valence-corrected chi connectivity index (χ1v) is 5.43. The van der Waals surface area contributed by atoms with Gasteiger partial charge in [0.25, 0.3) is 0 Å². The first-order chi connectivity index (χ1) is 8.52. The van der Waals surface area contributed by atoms with Crippen molar-refractivity contribution in [2.24, 2.45) is 0 Å². The lowest BCUT2D eigenvalue weighted by molar-refractivity contribution is -0.139. The largest absolute Gasteiger partial charge is 0.480 e. The summed E-state index contributed by atoms with van der Waals surface area (Å²) in [4.78, 5) is 22.1. The first kappa shape index (κ1) is 14.0. The highest BCUT2D eigenvalue weighted by Crippen LogP contribution is 2.06. The number of carboxylic acids is 1. The minimum absolute atomic E-state index is 0.0639. The number of alkyl carbamates (subject to hydrolysis) is 1. The third kappa shape index (κ3) is 4.40. The number of carbonyl (C=O) groups excluding carboxylic acids is 1. The number of rotatable bonds is 5. The van der Waals surface area contributed by atoms with Crippen LogP contribution in [0.5, 0.6) is 0 Å². The number of nitrogens with one attached hydrogen (secondary N) is 1. The van der Waals surface area contributed by atoms with Crippen LogP contribution in [-0.4, -0.2) is 29.8 Å². The maximum atomic E-state index is 12.7. The summed E-state index contributed by atoms with van der Waals surface area (Å²) in [5, 5.41) is 11.2. The average Bonchev–Trinajstić information content (AvgIpc) is 2.31. The summed E-state index contributed by atoms with van der Waals surface area (Å²) >= 11 is 0. The Morgan fingerprint density at radius 3 is 2.50 bits per heavy atom. The second-order valence-corrected chi connectivity index (χ2v) is 3.59. The highest BCUT2D eigenvalue weighted by atomic mass is 19.1. The van der Waals surface area contributed by atoms with Crippen molar-refractivity contribution in [1.29, 1.82) is 0 Å². The number of benzene rings is 1. The summed E-state index contributed by atoms with van der Waals surface area (Å²) < 4.78 is 17.3. The third-order valence-electron chi connectivity index (χ3n) is 2.22. The van der Waals surface area contributed by atoms with Gasteiger partial charge in [0, 0.05) is 6.42 Å². The summed E-state index contributed by atoms with van der Waals surface area (Å²) in [7, 11) is 0. The van der Waals surface area contributed by atoms with Crippen LogP contribution in [0.15, 0.2) is 24.3 Å². The molecule has 0 aliphatic heterocycles. The highest BCUT2D eigenvalue weighted by molar-refractivity contribution is 5.80. The van der Waals surface area contributed by atoms with Gasteiger partial charge >= 0.3 is 12.1 Å². The zero-order chi connectivity index (χ0) is 13.5. The normalized spacial score (nSPS) is 11.7. The van der Waals surface area contributed by atoms with Gasteiger partial charge in [0.1, 0.15) is 11.9 Å². The van der Waals surface area contributed by atoms with Crippen molar-refractivity contribution in [2.75, 3.05) is 6.61 Å². The second-order valence-electron chi connectivity index (χ2n) is 3.59. The second kappa shape index (κ2) is 6.58. The van der Waals surface area contributed by atoms with Crippen LogP contribution in [0.1, 0.15) is 12.5 Å². The van der Waals surface area contributed by atoms with E-state index in [2.05, 4.69) is 10.1 Å². The molecule has 0 fully saturated rings. The van der Waals surface area contributed by atoms with Crippen molar-refractivity contribution in [2.45, 2.75) is 19.4 Å². The minimum atomic E-state index is -1.17. The predicted molar refractivity (Wildman–Crippen MR) is 61.7 cm³/mol. The van der Waals surface area contributed by atoms with Gasteiger partial charge in [-0.05, 0) is 24.6 Å². The molecule has 0 aliphatic carbocycles. The Hall–Kier alpha value is -2.11. The van der Waals surface area contributed by atoms with E-state index in [0.717, 1.165) is 0 Å². The zero-order valence-corrected chi connectivity index (χ0v) is 9.85. The molecule has 1 aromatic carbocycles. The molecule has 0 aliphatic rings. The number of hydrogen-bond acceptors (Lipinski definition) is 3. The summed E-state index contributed by atoms with van der Waals surface area (Å²) in [6.07, 6.45) is -0.721. The summed E-state index contributed by atoms with van der Waals surface area (Å²) in [5.41, 5.74) is 0.612. The van der Waals surface area contributed by atoms with Crippen LogP contribution in [0.4, 0.5) is 9.18 Å². The molecule has 1 atom stereocenters. The van der Waals surface area contributed by atoms with Gasteiger partial charge in [-0.1, -0.05) is 12.1 Å². The van der Waals surface area contributed by atoms with E-state index in [1.165, 1.54) is 24.3 Å². The molecule has 5 nitrogen and oxygen atoms in total. The van der Waals surface area contributed by atoms with Crippen LogP contribution in [-0.2, 0) is 16.0 Å². The fraction of sp³-hybridized carbons (Fsp3) is 0.333. The molecule has 0 radical (unpaired) electrons. The van der Waals surface area contributed by atoms with Crippen molar-refractivity contribution >= 4 is 12.1 Å². The molecule has 98 valence electrons. The van der Waals surface area contributed by atoms with Crippen molar-refractivity contribution in [3.05, 3.63) is 35.6 Å². The maximum absolute atomic E-state index is 12.7. The Bertz CT molecular complexity index is 419. The number of hydrogen-bond donors (Lipinski definition) is 2. The Morgan fingerprint density at radius 1 is 1.39 bits per heavy atom. The quantitative estimate of drug-likeness (QED) is 0.837. The molecule has 0 bridgehead atoms. The molecule has 0 heterocycles. The lowest BCUT2D eigenvalue weighted by Crippen LogP contribution is -2.42. The molecule has 0 saturated carbocycles. The van der Waals surface area contributed by atoms with Gasteiger partial charge in [0.15, 0.2) is 0 Å². The molecule has 1 rings (SSSR count). The van der Waals surface area contributed by atoms with Crippen LogP contribution in [0, 0.1) is 5.82 Å². The molecule has 1 unspecified atom stereocenters. The van der Waals surface area contributed by atoms with Crippen LogP contribution in [0.3, 0.4) is 0 Å². The van der Waals surface area contributed by atoms with E-state index in [1.807, 2.05) is 0 Å². The van der Waals surface area contributed by atoms with E-state index in [4.69, 9.17) is 5.11 Å². The molecular formula is C12H14FNO4. The molecule has 1 amide bonds. The Kier molecular flexibility index (Phi) is 5.10. The molecule has 0 saturated heterocycles. The van der Waals surface area contributed by atoms with Crippen molar-refractivity contribution in [3.63, 3.8) is 0 Å². The topological polar surface area (TPSA) is 75.6 Å². The number of halogens is 1. The predicted octanol–water partition coefficient (Wildman–Crippen LogP) is 1.57. The van der Waals surface area contributed by atoms with Gasteiger partial charge in [-0.15, -0.1) is 0 Å². The number of aliphatic carboxylic acids is 1. The van der Waals surface area contributed by atoms with Gasteiger partial charge in [-0.2, -0.15) is 0 Å². The Morgan fingerprint density at radius 2 is 2.00 bits per heavy atom. The van der Waals surface area contributed by atoms with E-state index in [9.17, 15) is 14.0 Å². The van der Waals surface area contributed by atoms with E-state index >= 15 is 0 Å². The van der Waals surface area contributed by atoms with Gasteiger partial charge in [-0.3, -0.25) is 0 Å². The molecule has 0 spiro atoms. The first-order valence-electron chi connectivity index (χ1n) is 5.43. The molecule has 6 heteroatoms. The lowest BCUT2D eigenvalue weighted by Gasteiger charge is -2.14. The number of ether oxygens (including phenoxy) is 1. The van der Waals surface area contributed by atoms with Crippen LogP contribution in [0.2, 0.25) is 0 Å². The minimum Gasteiger partial charge on any atom is -0.480 e. The molecule has 18 heavy (non-hydrogen) atoms. The maximum Gasteiger partial charge on any atom is 0.407 e. The fourth-order valence-electron chi connectivity index (χ4n) is 1.37.